The summed E-state index contributed by atoms with van der Waals surface area (Å²) in [5.41, 5.74) is 6.37. The molecule has 1 fully saturated rings. The van der Waals surface area contributed by atoms with Gasteiger partial charge in [0.25, 0.3) is 0 Å². The molecular formula is C46H59NO6. The van der Waals surface area contributed by atoms with Crippen molar-refractivity contribution in [1.29, 1.82) is 0 Å². The van der Waals surface area contributed by atoms with E-state index in [2.05, 4.69) is 100 Å². The highest BCUT2D eigenvalue weighted by molar-refractivity contribution is 5.68. The van der Waals surface area contributed by atoms with Crippen LogP contribution in [0.3, 0.4) is 0 Å². The topological polar surface area (TPSA) is 66.5 Å². The number of hydrogen-bond acceptors (Lipinski definition) is 6. The van der Waals surface area contributed by atoms with E-state index in [1.807, 2.05) is 51.1 Å². The van der Waals surface area contributed by atoms with Crippen LogP contribution in [0.4, 0.5) is 4.79 Å². The van der Waals surface area contributed by atoms with Gasteiger partial charge in [0.2, 0.25) is 0 Å². The van der Waals surface area contributed by atoms with Crippen LogP contribution in [-0.4, -0.2) is 55.1 Å². The Labute approximate surface area is 317 Å². The second-order valence-corrected chi connectivity index (χ2v) is 15.7. The molecule has 7 nitrogen and oxygen atoms in total. The van der Waals surface area contributed by atoms with Gasteiger partial charge in [-0.3, -0.25) is 0 Å². The summed E-state index contributed by atoms with van der Waals surface area (Å²) in [6.07, 6.45) is -0.261. The molecule has 0 spiro atoms. The van der Waals surface area contributed by atoms with E-state index in [-0.39, 0.29) is 24.2 Å². The molecule has 5 rings (SSSR count). The Hall–Kier alpha value is -4.17. The number of ether oxygens (including phenoxy) is 5. The SMILES string of the molecule is CC(C)c1ccc(COC2CN(C(=O)OC(C)(C)C)CC(OCc3ccc(C(C)C)cc3)C2c2ccc(OCCCOCc3ccccc3)cc2)cc1. The largest absolute Gasteiger partial charge is 0.494 e. The average Bonchev–Trinajstić information content (AvgIpc) is 3.14. The van der Waals surface area contributed by atoms with Crippen molar-refractivity contribution < 1.29 is 28.5 Å². The predicted molar refractivity (Wildman–Crippen MR) is 211 cm³/mol. The van der Waals surface area contributed by atoms with Gasteiger partial charge in [0.05, 0.1) is 58.3 Å². The van der Waals surface area contributed by atoms with Crippen molar-refractivity contribution in [2.75, 3.05) is 26.3 Å². The van der Waals surface area contributed by atoms with E-state index >= 15 is 0 Å². The van der Waals surface area contributed by atoms with Crippen molar-refractivity contribution in [3.05, 3.63) is 137 Å². The predicted octanol–water partition coefficient (Wildman–Crippen LogP) is 10.4. The molecule has 2 atom stereocenters. The van der Waals surface area contributed by atoms with Gasteiger partial charge in [0.1, 0.15) is 11.4 Å². The van der Waals surface area contributed by atoms with E-state index in [9.17, 15) is 4.79 Å². The van der Waals surface area contributed by atoms with Crippen LogP contribution < -0.4 is 4.74 Å². The third-order valence-corrected chi connectivity index (χ3v) is 9.55. The van der Waals surface area contributed by atoms with E-state index in [1.165, 1.54) is 16.7 Å². The van der Waals surface area contributed by atoms with Crippen LogP contribution in [0, 0.1) is 0 Å². The Morgan fingerprint density at radius 1 is 0.660 bits per heavy atom. The molecule has 0 aromatic heterocycles. The van der Waals surface area contributed by atoms with Gasteiger partial charge in [-0.25, -0.2) is 4.79 Å². The highest BCUT2D eigenvalue weighted by Crippen LogP contribution is 2.35. The fraction of sp³-hybridized carbons (Fsp3) is 0.457. The zero-order valence-corrected chi connectivity index (χ0v) is 32.8. The van der Waals surface area contributed by atoms with Crippen molar-refractivity contribution in [2.24, 2.45) is 0 Å². The highest BCUT2D eigenvalue weighted by atomic mass is 16.6. The molecule has 284 valence electrons. The smallest absolute Gasteiger partial charge is 0.410 e. The molecule has 0 N–H and O–H groups in total. The third-order valence-electron chi connectivity index (χ3n) is 9.55. The molecule has 1 saturated heterocycles. The summed E-state index contributed by atoms with van der Waals surface area (Å²) >= 11 is 0. The lowest BCUT2D eigenvalue weighted by molar-refractivity contribution is -0.100. The number of carbonyl (C=O) groups is 1. The molecule has 1 aliphatic rings. The molecule has 0 bridgehead atoms. The summed E-state index contributed by atoms with van der Waals surface area (Å²) in [6, 6.07) is 35.6. The third kappa shape index (κ3) is 12.4. The van der Waals surface area contributed by atoms with E-state index in [0.29, 0.717) is 58.0 Å². The van der Waals surface area contributed by atoms with Gasteiger partial charge >= 0.3 is 6.09 Å². The maximum Gasteiger partial charge on any atom is 0.410 e. The van der Waals surface area contributed by atoms with Gasteiger partial charge < -0.3 is 28.6 Å². The first-order valence-electron chi connectivity index (χ1n) is 19.2. The zero-order chi connectivity index (χ0) is 37.8. The van der Waals surface area contributed by atoms with Gasteiger partial charge in [-0.2, -0.15) is 0 Å². The lowest BCUT2D eigenvalue weighted by atomic mass is 9.84. The lowest BCUT2D eigenvalue weighted by Gasteiger charge is -2.43. The normalized spacial score (nSPS) is 17.7. The Morgan fingerprint density at radius 2 is 1.17 bits per heavy atom. The minimum atomic E-state index is -0.624. The van der Waals surface area contributed by atoms with Crippen LogP contribution in [0.2, 0.25) is 0 Å². The van der Waals surface area contributed by atoms with E-state index < -0.39 is 5.60 Å². The maximum absolute atomic E-state index is 13.5. The van der Waals surface area contributed by atoms with Gasteiger partial charge in [-0.05, 0) is 78.1 Å². The molecule has 0 aliphatic carbocycles. The monoisotopic (exact) mass is 721 g/mol. The number of hydrogen-bond donors (Lipinski definition) is 0. The number of rotatable bonds is 16. The number of piperidine rings is 1. The fourth-order valence-electron chi connectivity index (χ4n) is 6.50. The molecule has 0 saturated carbocycles. The maximum atomic E-state index is 13.5. The first-order chi connectivity index (χ1) is 25.4. The summed E-state index contributed by atoms with van der Waals surface area (Å²) in [6.45, 7) is 17.8. The fourth-order valence-corrected chi connectivity index (χ4v) is 6.50. The van der Waals surface area contributed by atoms with Gasteiger partial charge in [-0.15, -0.1) is 0 Å². The van der Waals surface area contributed by atoms with Crippen LogP contribution in [0.5, 0.6) is 5.75 Å². The molecule has 4 aromatic rings. The minimum absolute atomic E-state index is 0.140. The minimum Gasteiger partial charge on any atom is -0.494 e. The molecule has 4 aromatic carbocycles. The number of amides is 1. The van der Waals surface area contributed by atoms with Gasteiger partial charge in [0.15, 0.2) is 0 Å². The summed E-state index contributed by atoms with van der Waals surface area (Å²) in [7, 11) is 0. The standard InChI is InChI=1S/C46H59NO6/c1-33(2)38-18-14-36(15-19-38)31-51-42-28-47(45(48)53-46(5,6)7)29-43(52-32-37-16-20-39(21-17-37)34(3)4)44(42)40-22-24-41(25-23-40)50-27-11-26-49-30-35-12-9-8-10-13-35/h8-10,12-25,33-34,42-44H,11,26-32H2,1-7H3. The first kappa shape index (κ1) is 40.0. The van der Waals surface area contributed by atoms with E-state index in [0.717, 1.165) is 28.9 Å². The van der Waals surface area contributed by atoms with Crippen molar-refractivity contribution in [1.82, 2.24) is 4.90 Å². The number of carbonyl (C=O) groups excluding carboxylic acids is 1. The Balaban J connectivity index is 1.33. The second kappa shape index (κ2) is 19.2. The first-order valence-corrected chi connectivity index (χ1v) is 19.2. The molecular weight excluding hydrogens is 663 g/mol. The van der Waals surface area contributed by atoms with Crippen molar-refractivity contribution in [3.63, 3.8) is 0 Å². The van der Waals surface area contributed by atoms with E-state index in [4.69, 9.17) is 23.7 Å². The summed E-state index contributed by atoms with van der Waals surface area (Å²) in [5, 5.41) is 0. The Kier molecular flexibility index (Phi) is 14.5. The number of nitrogens with zero attached hydrogens (tertiary/aromatic N) is 1. The van der Waals surface area contributed by atoms with Crippen LogP contribution in [0.15, 0.2) is 103 Å². The van der Waals surface area contributed by atoms with Crippen molar-refractivity contribution in [2.45, 2.75) is 110 Å². The average molecular weight is 722 g/mol. The molecule has 1 amide bonds. The van der Waals surface area contributed by atoms with Gasteiger partial charge in [-0.1, -0.05) is 119 Å². The lowest BCUT2D eigenvalue weighted by Crippen LogP contribution is -2.55. The number of benzene rings is 4. The quantitative estimate of drug-likeness (QED) is 0.107. The second-order valence-electron chi connectivity index (χ2n) is 15.7. The molecule has 2 unspecified atom stereocenters. The van der Waals surface area contributed by atoms with Crippen molar-refractivity contribution >= 4 is 6.09 Å². The van der Waals surface area contributed by atoms with Crippen LogP contribution >= 0.6 is 0 Å². The summed E-state index contributed by atoms with van der Waals surface area (Å²) in [5.74, 6) is 1.57. The van der Waals surface area contributed by atoms with Crippen LogP contribution in [0.25, 0.3) is 0 Å². The summed E-state index contributed by atoms with van der Waals surface area (Å²) in [4.78, 5) is 15.3. The molecule has 7 heteroatoms. The molecule has 1 aliphatic heterocycles. The Morgan fingerprint density at radius 3 is 1.66 bits per heavy atom. The highest BCUT2D eigenvalue weighted by Gasteiger charge is 2.42. The van der Waals surface area contributed by atoms with E-state index in [1.54, 1.807) is 4.90 Å². The Bertz CT molecular complexity index is 1600. The van der Waals surface area contributed by atoms with Crippen LogP contribution in [0.1, 0.15) is 106 Å². The summed E-state index contributed by atoms with van der Waals surface area (Å²) < 4.78 is 31.3. The molecule has 53 heavy (non-hydrogen) atoms. The molecule has 1 heterocycles. The van der Waals surface area contributed by atoms with Gasteiger partial charge in [0, 0.05) is 12.3 Å². The molecule has 0 radical (unpaired) electrons. The zero-order valence-electron chi connectivity index (χ0n) is 32.8. The van der Waals surface area contributed by atoms with Crippen LogP contribution in [-0.2, 0) is 38.8 Å². The van der Waals surface area contributed by atoms with Crippen molar-refractivity contribution in [3.8, 4) is 5.75 Å². The number of likely N-dealkylation sites (tertiary alicyclic amines) is 1.